The average molecular weight is 368 g/mol. The highest BCUT2D eigenvalue weighted by Crippen LogP contribution is 2.34. The highest BCUT2D eigenvalue weighted by Gasteiger charge is 2.12. The van der Waals surface area contributed by atoms with Crippen LogP contribution in [-0.2, 0) is 4.74 Å². The molecule has 0 saturated carbocycles. The summed E-state index contributed by atoms with van der Waals surface area (Å²) in [5.74, 6) is 1.75. The molecule has 0 radical (unpaired) electrons. The molecule has 0 spiro atoms. The van der Waals surface area contributed by atoms with Gasteiger partial charge in [-0.15, -0.1) is 0 Å². The quantitative estimate of drug-likeness (QED) is 0.355. The standard InChI is InChI=1S/C24H33NO2/c1-6-14-26-15-16-27-21-12-10-20(11-13-21)17-25-24-22(18(2)3)8-7-9-23(24)19(4)5/h7-13,17-19H,6,14-16H2,1-5H3. The summed E-state index contributed by atoms with van der Waals surface area (Å²) < 4.78 is 11.1. The summed E-state index contributed by atoms with van der Waals surface area (Å²) in [5, 5.41) is 0. The van der Waals surface area contributed by atoms with Crippen LogP contribution < -0.4 is 4.74 Å². The maximum Gasteiger partial charge on any atom is 0.119 e. The van der Waals surface area contributed by atoms with Crippen molar-refractivity contribution in [3.05, 3.63) is 59.2 Å². The van der Waals surface area contributed by atoms with E-state index in [0.29, 0.717) is 25.0 Å². The van der Waals surface area contributed by atoms with Gasteiger partial charge in [0.05, 0.1) is 12.3 Å². The van der Waals surface area contributed by atoms with Crippen LogP contribution in [0.15, 0.2) is 47.5 Å². The third-order valence-corrected chi connectivity index (χ3v) is 4.41. The van der Waals surface area contributed by atoms with Gasteiger partial charge in [-0.05, 0) is 59.2 Å². The maximum atomic E-state index is 5.70. The number of benzene rings is 2. The van der Waals surface area contributed by atoms with E-state index in [0.717, 1.165) is 30.0 Å². The molecular weight excluding hydrogens is 334 g/mol. The van der Waals surface area contributed by atoms with Gasteiger partial charge in [0.1, 0.15) is 12.4 Å². The minimum absolute atomic E-state index is 0.446. The second kappa shape index (κ2) is 10.9. The Hall–Kier alpha value is -2.13. The van der Waals surface area contributed by atoms with Crippen LogP contribution >= 0.6 is 0 Å². The van der Waals surface area contributed by atoms with E-state index in [1.807, 2.05) is 30.5 Å². The van der Waals surface area contributed by atoms with Gasteiger partial charge in [0.25, 0.3) is 0 Å². The molecule has 146 valence electrons. The molecule has 0 aromatic heterocycles. The first-order chi connectivity index (χ1) is 13.0. The van der Waals surface area contributed by atoms with Crippen LogP contribution in [0.5, 0.6) is 5.75 Å². The van der Waals surface area contributed by atoms with Crippen molar-refractivity contribution >= 4 is 11.9 Å². The predicted molar refractivity (Wildman–Crippen MR) is 115 cm³/mol. The van der Waals surface area contributed by atoms with Gasteiger partial charge < -0.3 is 9.47 Å². The SMILES string of the molecule is CCCOCCOc1ccc(C=Nc2c(C(C)C)cccc2C(C)C)cc1. The number of hydrogen-bond donors (Lipinski definition) is 0. The van der Waals surface area contributed by atoms with Crippen LogP contribution in [0.1, 0.15) is 69.6 Å². The first kappa shape index (κ1) is 21.2. The number of ether oxygens (including phenoxy) is 2. The molecule has 0 amide bonds. The fraction of sp³-hybridized carbons (Fsp3) is 0.458. The van der Waals surface area contributed by atoms with Gasteiger partial charge in [-0.2, -0.15) is 0 Å². The van der Waals surface area contributed by atoms with Gasteiger partial charge in [0.15, 0.2) is 0 Å². The van der Waals surface area contributed by atoms with Gasteiger partial charge >= 0.3 is 0 Å². The van der Waals surface area contributed by atoms with Crippen LogP contribution in [0.4, 0.5) is 5.69 Å². The molecule has 0 saturated heterocycles. The lowest BCUT2D eigenvalue weighted by atomic mass is 9.93. The fourth-order valence-corrected chi connectivity index (χ4v) is 2.91. The largest absolute Gasteiger partial charge is 0.491 e. The van der Waals surface area contributed by atoms with Crippen molar-refractivity contribution in [1.29, 1.82) is 0 Å². The first-order valence-corrected chi connectivity index (χ1v) is 10.00. The fourth-order valence-electron chi connectivity index (χ4n) is 2.91. The Labute approximate surface area is 164 Å². The lowest BCUT2D eigenvalue weighted by Gasteiger charge is -2.16. The number of hydrogen-bond acceptors (Lipinski definition) is 3. The highest BCUT2D eigenvalue weighted by atomic mass is 16.5. The van der Waals surface area contributed by atoms with Crippen LogP contribution in [-0.4, -0.2) is 26.0 Å². The molecule has 27 heavy (non-hydrogen) atoms. The average Bonchev–Trinajstić information content (AvgIpc) is 2.66. The Bertz CT molecular complexity index is 691. The second-order valence-electron chi connectivity index (χ2n) is 7.38. The normalized spacial score (nSPS) is 11.7. The summed E-state index contributed by atoms with van der Waals surface area (Å²) in [7, 11) is 0. The lowest BCUT2D eigenvalue weighted by molar-refractivity contribution is 0.101. The minimum Gasteiger partial charge on any atom is -0.491 e. The minimum atomic E-state index is 0.446. The molecule has 0 aliphatic rings. The zero-order chi connectivity index (χ0) is 19.6. The van der Waals surface area contributed by atoms with E-state index in [2.05, 4.69) is 52.8 Å². The summed E-state index contributed by atoms with van der Waals surface area (Å²) in [6, 6.07) is 14.6. The van der Waals surface area contributed by atoms with E-state index >= 15 is 0 Å². The van der Waals surface area contributed by atoms with E-state index in [1.54, 1.807) is 0 Å². The van der Waals surface area contributed by atoms with Crippen LogP contribution in [0, 0.1) is 0 Å². The van der Waals surface area contributed by atoms with Crippen molar-refractivity contribution in [3.8, 4) is 5.75 Å². The molecule has 0 fully saturated rings. The summed E-state index contributed by atoms with van der Waals surface area (Å²) in [5.41, 5.74) is 4.77. The zero-order valence-electron chi connectivity index (χ0n) is 17.4. The molecule has 3 heteroatoms. The smallest absolute Gasteiger partial charge is 0.119 e. The molecule has 0 unspecified atom stereocenters. The summed E-state index contributed by atoms with van der Waals surface area (Å²) in [4.78, 5) is 4.86. The molecular formula is C24H33NO2. The molecule has 2 aromatic carbocycles. The Kier molecular flexibility index (Phi) is 8.53. The Balaban J connectivity index is 2.08. The topological polar surface area (TPSA) is 30.8 Å². The number of aliphatic imine (C=N–C) groups is 1. The summed E-state index contributed by atoms with van der Waals surface area (Å²) in [6.07, 6.45) is 2.98. The first-order valence-electron chi connectivity index (χ1n) is 10.00. The molecule has 3 nitrogen and oxygen atoms in total. The second-order valence-corrected chi connectivity index (χ2v) is 7.38. The number of para-hydroxylation sites is 1. The van der Waals surface area contributed by atoms with Gasteiger partial charge in [-0.25, -0.2) is 0 Å². The van der Waals surface area contributed by atoms with Crippen LogP contribution in [0.25, 0.3) is 0 Å². The van der Waals surface area contributed by atoms with Gasteiger partial charge in [-0.3, -0.25) is 4.99 Å². The highest BCUT2D eigenvalue weighted by molar-refractivity contribution is 5.83. The molecule has 0 atom stereocenters. The monoisotopic (exact) mass is 367 g/mol. The van der Waals surface area contributed by atoms with Gasteiger partial charge in [-0.1, -0.05) is 52.8 Å². The molecule has 0 heterocycles. The maximum absolute atomic E-state index is 5.70. The third-order valence-electron chi connectivity index (χ3n) is 4.41. The van der Waals surface area contributed by atoms with Gasteiger partial charge in [0, 0.05) is 12.8 Å². The van der Waals surface area contributed by atoms with E-state index in [4.69, 9.17) is 14.5 Å². The Morgan fingerprint density at radius 1 is 0.852 bits per heavy atom. The number of nitrogens with zero attached hydrogens (tertiary/aromatic N) is 1. The van der Waals surface area contributed by atoms with Crippen molar-refractivity contribution in [1.82, 2.24) is 0 Å². The molecule has 2 rings (SSSR count). The molecule has 0 aliphatic heterocycles. The summed E-state index contributed by atoms with van der Waals surface area (Å²) >= 11 is 0. The number of rotatable bonds is 10. The van der Waals surface area contributed by atoms with Crippen molar-refractivity contribution < 1.29 is 9.47 Å². The molecule has 0 aliphatic carbocycles. The molecule has 2 aromatic rings. The third kappa shape index (κ3) is 6.51. The van der Waals surface area contributed by atoms with E-state index in [1.165, 1.54) is 11.1 Å². The van der Waals surface area contributed by atoms with Crippen LogP contribution in [0.2, 0.25) is 0 Å². The summed E-state index contributed by atoms with van der Waals surface area (Å²) in [6.45, 7) is 13.0. The Morgan fingerprint density at radius 2 is 1.48 bits per heavy atom. The predicted octanol–water partition coefficient (Wildman–Crippen LogP) is 6.49. The lowest BCUT2D eigenvalue weighted by Crippen LogP contribution is -2.07. The zero-order valence-corrected chi connectivity index (χ0v) is 17.4. The Morgan fingerprint density at radius 3 is 2.04 bits per heavy atom. The van der Waals surface area contributed by atoms with E-state index in [-0.39, 0.29) is 0 Å². The van der Waals surface area contributed by atoms with Crippen LogP contribution in [0.3, 0.4) is 0 Å². The van der Waals surface area contributed by atoms with Crippen molar-refractivity contribution in [2.75, 3.05) is 19.8 Å². The van der Waals surface area contributed by atoms with E-state index < -0.39 is 0 Å². The van der Waals surface area contributed by atoms with Crippen molar-refractivity contribution in [3.63, 3.8) is 0 Å². The van der Waals surface area contributed by atoms with E-state index in [9.17, 15) is 0 Å². The molecule has 0 bridgehead atoms. The van der Waals surface area contributed by atoms with Crippen molar-refractivity contribution in [2.24, 2.45) is 4.99 Å². The van der Waals surface area contributed by atoms with Gasteiger partial charge in [0.2, 0.25) is 0 Å². The van der Waals surface area contributed by atoms with Crippen molar-refractivity contribution in [2.45, 2.75) is 52.9 Å². The molecule has 0 N–H and O–H groups in total.